The lowest BCUT2D eigenvalue weighted by Crippen LogP contribution is -2.35. The maximum Gasteiger partial charge on any atom is 0.416 e. The fourth-order valence-corrected chi connectivity index (χ4v) is 4.17. The minimum Gasteiger partial charge on any atom is -0.399 e. The van der Waals surface area contributed by atoms with Crippen LogP contribution in [0.1, 0.15) is 43.3 Å². The summed E-state index contributed by atoms with van der Waals surface area (Å²) in [5.41, 5.74) is 5.99. The van der Waals surface area contributed by atoms with Crippen LogP contribution in [-0.2, 0) is 11.0 Å². The van der Waals surface area contributed by atoms with E-state index in [1.54, 1.807) is 20.0 Å². The van der Waals surface area contributed by atoms with Gasteiger partial charge in [-0.2, -0.15) is 13.2 Å². The zero-order chi connectivity index (χ0) is 24.6. The summed E-state index contributed by atoms with van der Waals surface area (Å²) in [6.07, 6.45) is -2.03. The van der Waals surface area contributed by atoms with Gasteiger partial charge in [-0.1, -0.05) is 0 Å². The van der Waals surface area contributed by atoms with Gasteiger partial charge in [0, 0.05) is 37.1 Å². The van der Waals surface area contributed by atoms with Gasteiger partial charge in [-0.15, -0.1) is 0 Å². The van der Waals surface area contributed by atoms with Gasteiger partial charge < -0.3 is 21.3 Å². The van der Waals surface area contributed by atoms with Crippen molar-refractivity contribution in [2.75, 3.05) is 29.0 Å². The molecule has 0 radical (unpaired) electrons. The maximum absolute atomic E-state index is 13.3. The third-order valence-corrected chi connectivity index (χ3v) is 5.76. The summed E-state index contributed by atoms with van der Waals surface area (Å²) in [6, 6.07) is 4.93. The van der Waals surface area contributed by atoms with Crippen LogP contribution in [0.3, 0.4) is 0 Å². The number of pyridine rings is 1. The van der Waals surface area contributed by atoms with E-state index in [1.807, 2.05) is 6.07 Å². The standard InChI is InChI=1S/C23H26F3N7O/c1-12(15-6-16(23(24,25)26)8-17(27)7-15)29-22-19-9-21(28-10-20(19)30-13(2)31-22)33-5-4-18(11-33)32-14(3)34/h6-10,12,18H,4-5,11,27H2,1-3H3,(H,32,34)(H,29,30,31)/t12?,18-/m1/s1. The predicted octanol–water partition coefficient (Wildman–Crippen LogP) is 3.82. The Labute approximate surface area is 194 Å². The third-order valence-electron chi connectivity index (χ3n) is 5.76. The fraction of sp³-hybridized carbons (Fsp3) is 0.391. The Balaban J connectivity index is 1.64. The number of nitrogens with zero attached hydrogens (tertiary/aromatic N) is 4. The quantitative estimate of drug-likeness (QED) is 0.484. The molecule has 0 bridgehead atoms. The molecule has 3 heterocycles. The number of aryl methyl sites for hydroxylation is 1. The maximum atomic E-state index is 13.3. The topological polar surface area (TPSA) is 109 Å². The second-order valence-electron chi connectivity index (χ2n) is 8.56. The molecule has 0 aliphatic carbocycles. The first-order valence-corrected chi connectivity index (χ1v) is 10.9. The zero-order valence-electron chi connectivity index (χ0n) is 19.1. The predicted molar refractivity (Wildman–Crippen MR) is 124 cm³/mol. The molecule has 1 aliphatic rings. The van der Waals surface area contributed by atoms with Crippen molar-refractivity contribution in [1.82, 2.24) is 20.3 Å². The van der Waals surface area contributed by atoms with E-state index in [1.165, 1.54) is 13.0 Å². The van der Waals surface area contributed by atoms with Crippen LogP contribution in [0.4, 0.5) is 30.5 Å². The van der Waals surface area contributed by atoms with Crippen LogP contribution in [0.25, 0.3) is 10.9 Å². The number of nitrogens with two attached hydrogens (primary N) is 1. The van der Waals surface area contributed by atoms with Crippen LogP contribution >= 0.6 is 0 Å². The summed E-state index contributed by atoms with van der Waals surface area (Å²) in [6.45, 7) is 6.35. The van der Waals surface area contributed by atoms with Crippen molar-refractivity contribution in [3.63, 3.8) is 0 Å². The highest BCUT2D eigenvalue weighted by Crippen LogP contribution is 2.34. The van der Waals surface area contributed by atoms with Gasteiger partial charge in [-0.3, -0.25) is 4.79 Å². The van der Waals surface area contributed by atoms with Crippen LogP contribution in [0.2, 0.25) is 0 Å². The van der Waals surface area contributed by atoms with E-state index < -0.39 is 17.8 Å². The molecule has 1 aliphatic heterocycles. The van der Waals surface area contributed by atoms with E-state index in [4.69, 9.17) is 5.73 Å². The molecule has 1 fully saturated rings. The lowest BCUT2D eigenvalue weighted by molar-refractivity contribution is -0.137. The number of carbonyl (C=O) groups is 1. The first-order chi connectivity index (χ1) is 16.0. The zero-order valence-corrected chi connectivity index (χ0v) is 19.1. The summed E-state index contributed by atoms with van der Waals surface area (Å²) in [7, 11) is 0. The number of hydrogen-bond acceptors (Lipinski definition) is 7. The molecule has 1 saturated heterocycles. The lowest BCUT2D eigenvalue weighted by atomic mass is 10.0. The normalized spacial score (nSPS) is 17.1. The van der Waals surface area contributed by atoms with Crippen molar-refractivity contribution in [3.8, 4) is 0 Å². The molecule has 1 amide bonds. The number of fused-ring (bicyclic) bond motifs is 1. The number of anilines is 3. The minimum atomic E-state index is -4.49. The smallest absolute Gasteiger partial charge is 0.399 e. The Bertz CT molecular complexity index is 1230. The van der Waals surface area contributed by atoms with E-state index in [-0.39, 0.29) is 17.6 Å². The second kappa shape index (κ2) is 8.96. The number of halogens is 3. The number of amides is 1. The summed E-state index contributed by atoms with van der Waals surface area (Å²) in [5.74, 6) is 1.64. The van der Waals surface area contributed by atoms with Gasteiger partial charge in [-0.05, 0) is 50.1 Å². The number of carbonyl (C=O) groups excluding carboxylic acids is 1. The summed E-state index contributed by atoms with van der Waals surface area (Å²) in [5, 5.41) is 6.85. The van der Waals surface area contributed by atoms with Crippen LogP contribution in [-0.4, -0.2) is 40.0 Å². The Morgan fingerprint density at radius 3 is 2.71 bits per heavy atom. The molecule has 4 rings (SSSR count). The van der Waals surface area contributed by atoms with Crippen molar-refractivity contribution in [2.24, 2.45) is 0 Å². The molecule has 8 nitrogen and oxygen atoms in total. The van der Waals surface area contributed by atoms with E-state index in [0.29, 0.717) is 40.5 Å². The molecular formula is C23H26F3N7O. The highest BCUT2D eigenvalue weighted by Gasteiger charge is 2.31. The van der Waals surface area contributed by atoms with Gasteiger partial charge in [0.1, 0.15) is 17.5 Å². The van der Waals surface area contributed by atoms with E-state index >= 15 is 0 Å². The highest BCUT2D eigenvalue weighted by molar-refractivity contribution is 5.90. The van der Waals surface area contributed by atoms with E-state index in [0.717, 1.165) is 25.1 Å². The number of benzene rings is 1. The number of nitrogen functional groups attached to an aromatic ring is 1. The number of rotatable bonds is 5. The molecule has 2 atom stereocenters. The third kappa shape index (κ3) is 5.13. The lowest BCUT2D eigenvalue weighted by Gasteiger charge is -2.21. The number of nitrogens with one attached hydrogen (secondary N) is 2. The average molecular weight is 474 g/mol. The van der Waals surface area contributed by atoms with Crippen LogP contribution in [0.15, 0.2) is 30.5 Å². The molecule has 180 valence electrons. The molecule has 1 aromatic carbocycles. The molecule has 34 heavy (non-hydrogen) atoms. The van der Waals surface area contributed by atoms with Crippen LogP contribution in [0, 0.1) is 6.92 Å². The fourth-order valence-electron chi connectivity index (χ4n) is 4.17. The van der Waals surface area contributed by atoms with Crippen LogP contribution < -0.4 is 21.3 Å². The van der Waals surface area contributed by atoms with Crippen molar-refractivity contribution < 1.29 is 18.0 Å². The van der Waals surface area contributed by atoms with Gasteiger partial charge in [-0.25, -0.2) is 15.0 Å². The summed E-state index contributed by atoms with van der Waals surface area (Å²) < 4.78 is 39.8. The molecule has 4 N–H and O–H groups in total. The number of hydrogen-bond donors (Lipinski definition) is 3. The van der Waals surface area contributed by atoms with Crippen molar-refractivity contribution in [1.29, 1.82) is 0 Å². The summed E-state index contributed by atoms with van der Waals surface area (Å²) in [4.78, 5) is 26.9. The number of alkyl halides is 3. The van der Waals surface area contributed by atoms with Gasteiger partial charge in [0.2, 0.25) is 5.91 Å². The van der Waals surface area contributed by atoms with Crippen molar-refractivity contribution in [2.45, 2.75) is 45.5 Å². The molecule has 0 spiro atoms. The largest absolute Gasteiger partial charge is 0.416 e. The Morgan fingerprint density at radius 1 is 1.24 bits per heavy atom. The second-order valence-corrected chi connectivity index (χ2v) is 8.56. The van der Waals surface area contributed by atoms with E-state index in [9.17, 15) is 18.0 Å². The van der Waals surface area contributed by atoms with Gasteiger partial charge in [0.05, 0.1) is 23.3 Å². The van der Waals surface area contributed by atoms with Crippen LogP contribution in [0.5, 0.6) is 0 Å². The molecular weight excluding hydrogens is 447 g/mol. The first-order valence-electron chi connectivity index (χ1n) is 10.9. The van der Waals surface area contributed by atoms with Gasteiger partial charge in [0.15, 0.2) is 0 Å². The van der Waals surface area contributed by atoms with Gasteiger partial charge in [0.25, 0.3) is 0 Å². The van der Waals surface area contributed by atoms with Gasteiger partial charge >= 0.3 is 6.18 Å². The monoisotopic (exact) mass is 473 g/mol. The SMILES string of the molecule is CC(=O)N[C@@H]1CCN(c2cc3c(NC(C)c4cc(N)cc(C(F)(F)F)c4)nc(C)nc3cn2)C1. The molecule has 1 unspecified atom stereocenters. The number of aromatic nitrogens is 3. The molecule has 3 aromatic rings. The molecule has 2 aromatic heterocycles. The molecule has 11 heteroatoms. The average Bonchev–Trinajstić information content (AvgIpc) is 3.20. The summed E-state index contributed by atoms with van der Waals surface area (Å²) >= 11 is 0. The highest BCUT2D eigenvalue weighted by atomic mass is 19.4. The Morgan fingerprint density at radius 2 is 2.00 bits per heavy atom. The molecule has 0 saturated carbocycles. The van der Waals surface area contributed by atoms with Crippen molar-refractivity contribution >= 4 is 34.1 Å². The minimum absolute atomic E-state index is 0.0384. The first kappa shape index (κ1) is 23.5. The van der Waals surface area contributed by atoms with Crippen molar-refractivity contribution in [3.05, 3.63) is 47.4 Å². The Kier molecular flexibility index (Phi) is 6.20. The Hall–Kier alpha value is -3.63. The van der Waals surface area contributed by atoms with E-state index in [2.05, 4.69) is 30.5 Å².